The standard InChI is InChI=1S/C24H39N5O2/c1-19(14-20(2)26-18-31-4)15-24(30)27-22(17-25)16-21-6-8-23(9-7-21)29-11-5-10-28(3)12-13-29/h6-9,19-20,22,26H,5,10-16,18H2,1-4H3,(H,27,30)/t19-,20+,22?/m0/s1. The van der Waals surface area contributed by atoms with Crippen LogP contribution in [0.15, 0.2) is 24.3 Å². The molecule has 1 amide bonds. The van der Waals surface area contributed by atoms with E-state index in [0.717, 1.165) is 38.2 Å². The molecule has 1 aromatic rings. The quantitative estimate of drug-likeness (QED) is 0.526. The molecule has 31 heavy (non-hydrogen) atoms. The van der Waals surface area contributed by atoms with Crippen LogP contribution in [0.2, 0.25) is 0 Å². The normalized spacial score (nSPS) is 18.0. The van der Waals surface area contributed by atoms with E-state index in [2.05, 4.69) is 71.7 Å². The van der Waals surface area contributed by atoms with Crippen molar-refractivity contribution in [3.05, 3.63) is 29.8 Å². The van der Waals surface area contributed by atoms with E-state index in [1.807, 2.05) is 0 Å². The molecule has 0 aliphatic carbocycles. The highest BCUT2D eigenvalue weighted by Gasteiger charge is 2.17. The van der Waals surface area contributed by atoms with Gasteiger partial charge in [-0.25, -0.2) is 0 Å². The van der Waals surface area contributed by atoms with Crippen molar-refractivity contribution in [3.63, 3.8) is 0 Å². The highest BCUT2D eigenvalue weighted by atomic mass is 16.5. The van der Waals surface area contributed by atoms with Gasteiger partial charge in [-0.1, -0.05) is 19.1 Å². The van der Waals surface area contributed by atoms with Crippen LogP contribution < -0.4 is 15.5 Å². The van der Waals surface area contributed by atoms with E-state index in [0.29, 0.717) is 19.6 Å². The van der Waals surface area contributed by atoms with Gasteiger partial charge in [-0.3, -0.25) is 10.1 Å². The van der Waals surface area contributed by atoms with Gasteiger partial charge in [0.1, 0.15) is 6.04 Å². The highest BCUT2D eigenvalue weighted by Crippen LogP contribution is 2.18. The SMILES string of the molecule is COCN[C@H](C)C[C@H](C)CC(=O)NC(C#N)Cc1ccc(N2CCCN(C)CC2)cc1. The molecule has 0 saturated carbocycles. The van der Waals surface area contributed by atoms with Crippen molar-refractivity contribution in [1.82, 2.24) is 15.5 Å². The molecule has 1 aliphatic heterocycles. The van der Waals surface area contributed by atoms with Gasteiger partial charge in [0.25, 0.3) is 0 Å². The first kappa shape index (κ1) is 25.1. The zero-order valence-electron chi connectivity index (χ0n) is 19.6. The molecule has 1 saturated heterocycles. The zero-order valence-corrected chi connectivity index (χ0v) is 19.6. The lowest BCUT2D eigenvalue weighted by atomic mass is 9.98. The number of nitriles is 1. The van der Waals surface area contributed by atoms with Crippen molar-refractivity contribution >= 4 is 11.6 Å². The fraction of sp³-hybridized carbons (Fsp3) is 0.667. The third-order valence-corrected chi connectivity index (χ3v) is 5.82. The number of amides is 1. The molecule has 7 nitrogen and oxygen atoms in total. The monoisotopic (exact) mass is 429 g/mol. The Kier molecular flexibility index (Phi) is 10.8. The lowest BCUT2D eigenvalue weighted by molar-refractivity contribution is -0.122. The molecule has 0 spiro atoms. The van der Waals surface area contributed by atoms with Crippen LogP contribution in [0.4, 0.5) is 5.69 Å². The summed E-state index contributed by atoms with van der Waals surface area (Å²) in [6.45, 7) is 8.96. The van der Waals surface area contributed by atoms with Crippen LogP contribution in [-0.2, 0) is 16.0 Å². The molecule has 0 aromatic heterocycles. The fourth-order valence-electron chi connectivity index (χ4n) is 4.08. The van der Waals surface area contributed by atoms with Crippen LogP contribution in [0, 0.1) is 17.2 Å². The van der Waals surface area contributed by atoms with Crippen molar-refractivity contribution in [2.24, 2.45) is 5.92 Å². The first-order valence-electron chi connectivity index (χ1n) is 11.3. The second kappa shape index (κ2) is 13.3. The number of likely N-dealkylation sites (N-methyl/N-ethyl adjacent to an activating group) is 1. The molecule has 0 bridgehead atoms. The second-order valence-corrected chi connectivity index (χ2v) is 8.85. The van der Waals surface area contributed by atoms with E-state index < -0.39 is 6.04 Å². The van der Waals surface area contributed by atoms with Crippen LogP contribution in [0.5, 0.6) is 0 Å². The Labute approximate surface area is 187 Å². The molecule has 2 rings (SSSR count). The molecule has 172 valence electrons. The number of carbonyl (C=O) groups is 1. The maximum Gasteiger partial charge on any atom is 0.221 e. The van der Waals surface area contributed by atoms with E-state index in [1.54, 1.807) is 7.11 Å². The van der Waals surface area contributed by atoms with Gasteiger partial charge in [0, 0.05) is 51.3 Å². The minimum absolute atomic E-state index is 0.0664. The van der Waals surface area contributed by atoms with Gasteiger partial charge in [0.05, 0.1) is 12.8 Å². The van der Waals surface area contributed by atoms with Crippen LogP contribution in [0.3, 0.4) is 0 Å². The molecular weight excluding hydrogens is 390 g/mol. The minimum atomic E-state index is -0.513. The summed E-state index contributed by atoms with van der Waals surface area (Å²) >= 11 is 0. The van der Waals surface area contributed by atoms with Crippen molar-refractivity contribution in [2.75, 3.05) is 52.0 Å². The Morgan fingerprint density at radius 3 is 2.61 bits per heavy atom. The predicted molar refractivity (Wildman–Crippen MR) is 125 cm³/mol. The summed E-state index contributed by atoms with van der Waals surface area (Å²) < 4.78 is 5.02. The van der Waals surface area contributed by atoms with Gasteiger partial charge >= 0.3 is 0 Å². The average molecular weight is 430 g/mol. The predicted octanol–water partition coefficient (Wildman–Crippen LogP) is 2.38. The Hall–Kier alpha value is -2.14. The number of hydrogen-bond donors (Lipinski definition) is 2. The fourth-order valence-corrected chi connectivity index (χ4v) is 4.08. The number of carbonyl (C=O) groups excluding carboxylic acids is 1. The first-order chi connectivity index (χ1) is 14.9. The maximum absolute atomic E-state index is 12.4. The molecule has 3 atom stereocenters. The Morgan fingerprint density at radius 1 is 1.19 bits per heavy atom. The van der Waals surface area contributed by atoms with Gasteiger partial charge in [-0.15, -0.1) is 0 Å². The number of rotatable bonds is 11. The van der Waals surface area contributed by atoms with E-state index in [1.165, 1.54) is 12.1 Å². The number of hydrogen-bond acceptors (Lipinski definition) is 6. The van der Waals surface area contributed by atoms with Crippen molar-refractivity contribution < 1.29 is 9.53 Å². The summed E-state index contributed by atoms with van der Waals surface area (Å²) in [7, 11) is 3.82. The number of ether oxygens (including phenoxy) is 1. The zero-order chi connectivity index (χ0) is 22.6. The lowest BCUT2D eigenvalue weighted by Gasteiger charge is -2.23. The summed E-state index contributed by atoms with van der Waals surface area (Å²) in [5.41, 5.74) is 2.29. The third-order valence-electron chi connectivity index (χ3n) is 5.82. The van der Waals surface area contributed by atoms with E-state index in [9.17, 15) is 10.1 Å². The van der Waals surface area contributed by atoms with Gasteiger partial charge in [-0.05, 0) is 57.0 Å². The maximum atomic E-state index is 12.4. The molecule has 7 heteroatoms. The van der Waals surface area contributed by atoms with Crippen LogP contribution in [0.1, 0.15) is 38.7 Å². The Balaban J connectivity index is 1.81. The molecule has 1 heterocycles. The van der Waals surface area contributed by atoms with E-state index in [-0.39, 0.29) is 17.9 Å². The van der Waals surface area contributed by atoms with Crippen LogP contribution in [0.25, 0.3) is 0 Å². The molecule has 1 aromatic carbocycles. The van der Waals surface area contributed by atoms with Gasteiger partial charge in [0.2, 0.25) is 5.91 Å². The number of benzene rings is 1. The smallest absolute Gasteiger partial charge is 0.221 e. The second-order valence-electron chi connectivity index (χ2n) is 8.85. The molecule has 0 radical (unpaired) electrons. The highest BCUT2D eigenvalue weighted by molar-refractivity contribution is 5.76. The van der Waals surface area contributed by atoms with Gasteiger partial charge in [0.15, 0.2) is 0 Å². The largest absolute Gasteiger partial charge is 0.370 e. The molecule has 1 fully saturated rings. The average Bonchev–Trinajstić information content (AvgIpc) is 2.96. The third kappa shape index (κ3) is 9.26. The summed E-state index contributed by atoms with van der Waals surface area (Å²) in [6.07, 6.45) is 2.98. The van der Waals surface area contributed by atoms with E-state index in [4.69, 9.17) is 4.74 Å². The Bertz CT molecular complexity index is 703. The van der Waals surface area contributed by atoms with Gasteiger partial charge < -0.3 is 19.9 Å². The van der Waals surface area contributed by atoms with Crippen molar-refractivity contribution in [2.45, 2.75) is 51.6 Å². The van der Waals surface area contributed by atoms with Crippen LogP contribution in [-0.4, -0.2) is 70.0 Å². The Morgan fingerprint density at radius 2 is 1.94 bits per heavy atom. The lowest BCUT2D eigenvalue weighted by Crippen LogP contribution is -2.37. The molecule has 1 aliphatic rings. The molecule has 1 unspecified atom stereocenters. The summed E-state index contributed by atoms with van der Waals surface area (Å²) in [5, 5.41) is 15.7. The van der Waals surface area contributed by atoms with E-state index >= 15 is 0 Å². The molecule has 2 N–H and O–H groups in total. The topological polar surface area (TPSA) is 80.6 Å². The minimum Gasteiger partial charge on any atom is -0.370 e. The van der Waals surface area contributed by atoms with Crippen LogP contribution >= 0.6 is 0 Å². The first-order valence-corrected chi connectivity index (χ1v) is 11.3. The number of methoxy groups -OCH3 is 1. The number of nitrogens with zero attached hydrogens (tertiary/aromatic N) is 3. The summed E-state index contributed by atoms with van der Waals surface area (Å²) in [4.78, 5) is 17.2. The molecular formula is C24H39N5O2. The van der Waals surface area contributed by atoms with Crippen molar-refractivity contribution in [1.29, 1.82) is 5.26 Å². The number of nitrogens with one attached hydrogen (secondary N) is 2. The summed E-state index contributed by atoms with van der Waals surface area (Å²) in [5.74, 6) is 0.161. The van der Waals surface area contributed by atoms with Crippen molar-refractivity contribution in [3.8, 4) is 6.07 Å². The number of anilines is 1. The summed E-state index contributed by atoms with van der Waals surface area (Å²) in [6, 6.07) is 10.4. The van der Waals surface area contributed by atoms with Gasteiger partial charge in [-0.2, -0.15) is 5.26 Å².